The van der Waals surface area contributed by atoms with Gasteiger partial charge in [0, 0.05) is 6.42 Å². The van der Waals surface area contributed by atoms with Gasteiger partial charge in [0.25, 0.3) is 23.5 Å². The van der Waals surface area contributed by atoms with Crippen LogP contribution in [0.3, 0.4) is 0 Å². The van der Waals surface area contributed by atoms with Crippen molar-refractivity contribution < 1.29 is 57.5 Å². The van der Waals surface area contributed by atoms with Gasteiger partial charge in [-0.15, -0.1) is 22.7 Å². The molecule has 3 atom stereocenters. The fourth-order valence-electron chi connectivity index (χ4n) is 4.50. The van der Waals surface area contributed by atoms with E-state index in [0.29, 0.717) is 25.6 Å². The van der Waals surface area contributed by atoms with Crippen molar-refractivity contribution in [1.29, 1.82) is 0 Å². The molecule has 0 aliphatic carbocycles. The maximum atomic E-state index is 13.4. The third-order valence-electron chi connectivity index (χ3n) is 7.03. The van der Waals surface area contributed by atoms with Crippen molar-refractivity contribution >= 4 is 72.8 Å². The quantitative estimate of drug-likeness (QED) is 0.0961. The Kier molecular flexibility index (Phi) is 13.8. The number of carboxylic acid groups (broad SMARTS) is 1. The van der Waals surface area contributed by atoms with E-state index in [4.69, 9.17) is 33.5 Å². The number of fused-ring (bicyclic) bond motifs is 2. The Hall–Kier alpha value is -4.97. The molecule has 0 fully saturated rings. The van der Waals surface area contributed by atoms with Crippen LogP contribution in [0.1, 0.15) is 81.2 Å². The average Bonchev–Trinajstić information content (AvgIpc) is 3.69. The maximum absolute atomic E-state index is 13.4. The molecule has 0 saturated heterocycles. The highest BCUT2D eigenvalue weighted by Crippen LogP contribution is 2.34. The van der Waals surface area contributed by atoms with Crippen molar-refractivity contribution in [3.8, 4) is 23.5 Å². The van der Waals surface area contributed by atoms with E-state index in [1.165, 1.54) is 48.4 Å². The van der Waals surface area contributed by atoms with Gasteiger partial charge < -0.3 is 33.5 Å². The fourth-order valence-corrected chi connectivity index (χ4v) is 6.36. The monoisotopic (exact) mass is 776 g/mol. The van der Waals surface area contributed by atoms with Gasteiger partial charge in [0.1, 0.15) is 37.8 Å². The number of hydrogen-bond donors (Lipinski definition) is 1. The molecule has 4 aromatic rings. The summed E-state index contributed by atoms with van der Waals surface area (Å²) >= 11 is 2.20. The first-order valence-corrected chi connectivity index (χ1v) is 17.8. The van der Waals surface area contributed by atoms with Crippen LogP contribution in [0.5, 0.6) is 23.5 Å². The first-order valence-electron chi connectivity index (χ1n) is 16.2. The third kappa shape index (κ3) is 11.0. The number of rotatable bonds is 13. The van der Waals surface area contributed by atoms with E-state index in [1.54, 1.807) is 47.6 Å². The Morgan fingerprint density at radius 2 is 1.06 bits per heavy atom. The van der Waals surface area contributed by atoms with E-state index >= 15 is 0 Å². The molecule has 3 unspecified atom stereocenters. The Bertz CT molecular complexity index is 1910. The number of methoxy groups -OCH3 is 4. The number of Topliss-reactive ketones (excluding diaryl/α,β-unsaturated/α-hetero) is 2. The summed E-state index contributed by atoms with van der Waals surface area (Å²) in [4.78, 5) is 80.7. The number of hydrogen-bond acceptors (Lipinski definition) is 17. The van der Waals surface area contributed by atoms with Crippen LogP contribution in [0, 0.1) is 17.8 Å². The number of aromatic nitrogens is 4. The molecule has 288 valence electrons. The van der Waals surface area contributed by atoms with Gasteiger partial charge in [-0.3, -0.25) is 24.0 Å². The number of ether oxygens (including phenoxy) is 6. The molecule has 53 heavy (non-hydrogen) atoms. The predicted octanol–water partition coefficient (Wildman–Crippen LogP) is 5.83. The number of carboxylic acids is 1. The van der Waals surface area contributed by atoms with Crippen molar-refractivity contribution in [3.05, 3.63) is 21.9 Å². The summed E-state index contributed by atoms with van der Waals surface area (Å²) in [6.45, 7) is 13.2. The summed E-state index contributed by atoms with van der Waals surface area (Å²) < 4.78 is 31.3. The van der Waals surface area contributed by atoms with Gasteiger partial charge >= 0.3 is 17.9 Å². The lowest BCUT2D eigenvalue weighted by Crippen LogP contribution is -2.41. The number of nitrogens with zero attached hydrogens (tertiary/aromatic N) is 4. The fraction of sp³-hybridized carbons (Fsp3) is 0.514. The zero-order valence-corrected chi connectivity index (χ0v) is 33.3. The first-order chi connectivity index (χ1) is 24.6. The van der Waals surface area contributed by atoms with E-state index in [-0.39, 0.29) is 40.6 Å². The van der Waals surface area contributed by atoms with E-state index < -0.39 is 52.6 Å². The lowest BCUT2D eigenvalue weighted by molar-refractivity contribution is -0.170. The number of aliphatic carboxylic acids is 1. The lowest BCUT2D eigenvalue weighted by Gasteiger charge is -2.28. The van der Waals surface area contributed by atoms with E-state index in [0.717, 1.165) is 22.7 Å². The molecule has 0 spiro atoms. The highest BCUT2D eigenvalue weighted by molar-refractivity contribution is 7.20. The minimum Gasteiger partial charge on any atom is -0.481 e. The second-order valence-electron chi connectivity index (χ2n) is 13.7. The minimum absolute atomic E-state index is 0.0591. The summed E-state index contributed by atoms with van der Waals surface area (Å²) in [6, 6.07) is 3.10. The van der Waals surface area contributed by atoms with E-state index in [1.807, 2.05) is 0 Å². The number of thiophene rings is 2. The predicted molar refractivity (Wildman–Crippen MR) is 195 cm³/mol. The van der Waals surface area contributed by atoms with Gasteiger partial charge in [-0.25, -0.2) is 9.97 Å². The maximum Gasteiger partial charge on any atom is 0.318 e. The summed E-state index contributed by atoms with van der Waals surface area (Å²) in [5, 5.41) is 8.85. The Morgan fingerprint density at radius 3 is 1.47 bits per heavy atom. The number of carbonyl (C=O) groups is 5. The molecule has 0 aliphatic rings. The molecule has 0 saturated carbocycles. The van der Waals surface area contributed by atoms with Crippen LogP contribution in [-0.4, -0.2) is 94.2 Å². The van der Waals surface area contributed by atoms with Gasteiger partial charge in [0.05, 0.1) is 50.0 Å². The lowest BCUT2D eigenvalue weighted by atomic mass is 9.88. The van der Waals surface area contributed by atoms with Crippen LogP contribution in [0.25, 0.3) is 20.7 Å². The zero-order valence-electron chi connectivity index (χ0n) is 31.6. The molecule has 0 radical (unpaired) electrons. The topological polar surface area (TPSA) is 213 Å². The van der Waals surface area contributed by atoms with Gasteiger partial charge in [-0.1, -0.05) is 13.8 Å². The van der Waals surface area contributed by atoms with Crippen molar-refractivity contribution in [3.63, 3.8) is 0 Å². The van der Waals surface area contributed by atoms with Crippen LogP contribution in [0.15, 0.2) is 12.1 Å². The smallest absolute Gasteiger partial charge is 0.318 e. The second kappa shape index (κ2) is 17.2. The van der Waals surface area contributed by atoms with E-state index in [9.17, 15) is 24.0 Å². The van der Waals surface area contributed by atoms with Gasteiger partial charge in [0.15, 0.2) is 11.6 Å². The SMILES string of the molecule is COc1nc2cc(C(=O)C(C(=O)OC(C)(C)C)C(C)C(=O)OC(C)(C)C)sc2nc1OC.COc1nc2cc(C(=O)CC(C)C(=O)O)sc2nc1OC. The first kappa shape index (κ1) is 42.4. The van der Waals surface area contributed by atoms with Gasteiger partial charge in [-0.2, -0.15) is 9.97 Å². The highest BCUT2D eigenvalue weighted by atomic mass is 32.1. The van der Waals surface area contributed by atoms with Crippen molar-refractivity contribution in [2.24, 2.45) is 17.8 Å². The molecule has 16 nitrogen and oxygen atoms in total. The summed E-state index contributed by atoms with van der Waals surface area (Å²) in [5.41, 5.74) is -0.688. The molecule has 0 aliphatic heterocycles. The van der Waals surface area contributed by atoms with Crippen LogP contribution in [0.2, 0.25) is 0 Å². The second-order valence-corrected chi connectivity index (χ2v) is 15.7. The zero-order chi connectivity index (χ0) is 40.0. The summed E-state index contributed by atoms with van der Waals surface area (Å²) in [6.07, 6.45) is -0.0591. The standard InChI is InChI=1S/C22H30N2O7S.C13H14N2O5S/c1-11(19(26)30-21(2,3)4)14(20(27)31-22(5,6)7)15(25)13-10-12-18(32-13)24-17(29-9)16(23-12)28-8;1-6(13(17)18)4-8(16)9-5-7-12(21-9)15-11(20-3)10(14-7)19-2/h10-11,14H,1-9H3;5-6H,4H2,1-3H3,(H,17,18). The molecule has 4 aromatic heterocycles. The molecule has 4 rings (SSSR count). The van der Waals surface area contributed by atoms with Crippen LogP contribution in [0.4, 0.5) is 0 Å². The summed E-state index contributed by atoms with van der Waals surface area (Å²) in [5.74, 6) is -5.63. The van der Waals surface area contributed by atoms with E-state index in [2.05, 4.69) is 19.9 Å². The Balaban J connectivity index is 0.000000311. The Labute approximate surface area is 314 Å². The van der Waals surface area contributed by atoms with Crippen LogP contribution < -0.4 is 18.9 Å². The Morgan fingerprint density at radius 1 is 0.660 bits per heavy atom. The molecule has 1 N–H and O–H groups in total. The van der Waals surface area contributed by atoms with Crippen molar-refractivity contribution in [2.45, 2.75) is 73.0 Å². The summed E-state index contributed by atoms with van der Waals surface area (Å²) in [7, 11) is 5.76. The third-order valence-corrected chi connectivity index (χ3v) is 9.12. The molecular weight excluding hydrogens is 733 g/mol. The largest absolute Gasteiger partial charge is 0.481 e. The number of ketones is 2. The van der Waals surface area contributed by atoms with Crippen molar-refractivity contribution in [1.82, 2.24) is 19.9 Å². The van der Waals surface area contributed by atoms with Gasteiger partial charge in [-0.05, 0) is 53.7 Å². The van der Waals surface area contributed by atoms with Gasteiger partial charge in [0.2, 0.25) is 0 Å². The molecule has 4 heterocycles. The highest BCUT2D eigenvalue weighted by Gasteiger charge is 2.42. The van der Waals surface area contributed by atoms with Crippen molar-refractivity contribution in [2.75, 3.05) is 28.4 Å². The van der Waals surface area contributed by atoms with Crippen LogP contribution in [-0.2, 0) is 23.9 Å². The van der Waals surface area contributed by atoms with Crippen LogP contribution >= 0.6 is 22.7 Å². The molecular formula is C35H44N4O12S2. The normalized spacial score (nSPS) is 13.2. The molecule has 0 bridgehead atoms. The molecule has 0 aromatic carbocycles. The molecule has 18 heteroatoms. The average molecular weight is 777 g/mol. The number of carbonyl (C=O) groups excluding carboxylic acids is 4. The molecule has 0 amide bonds. The minimum atomic E-state index is -1.39. The number of esters is 2.